The molecule has 1 unspecified atom stereocenters. The highest BCUT2D eigenvalue weighted by atomic mass is 79.9. The average Bonchev–Trinajstić information content (AvgIpc) is 2.45. The molecule has 0 aliphatic heterocycles. The van der Waals surface area contributed by atoms with E-state index in [1.807, 2.05) is 6.07 Å². The first-order chi connectivity index (χ1) is 10.2. The number of benzene rings is 1. The Morgan fingerprint density at radius 3 is 2.48 bits per heavy atom. The van der Waals surface area contributed by atoms with Gasteiger partial charge in [0.25, 0.3) is 0 Å². The number of halogens is 1. The van der Waals surface area contributed by atoms with E-state index in [1.54, 1.807) is 14.2 Å². The van der Waals surface area contributed by atoms with Crippen LogP contribution in [0.25, 0.3) is 0 Å². The van der Waals surface area contributed by atoms with Crippen molar-refractivity contribution in [3.8, 4) is 11.5 Å². The third-order valence-corrected chi connectivity index (χ3v) is 4.93. The Hall–Kier alpha value is -0.740. The fraction of sp³-hybridized carbons (Fsp3) is 0.647. The first-order valence-electron chi connectivity index (χ1n) is 7.84. The standard InChI is InChI=1S/C17H26BrNO2/c1-4-8-19-15(9-12-6-5-7-12)13-10-17(21-3)14(18)11-16(13)20-2/h10-12,15,19H,4-9H2,1-3H3. The Labute approximate surface area is 136 Å². The van der Waals surface area contributed by atoms with Crippen LogP contribution in [0.2, 0.25) is 0 Å². The molecule has 118 valence electrons. The molecule has 0 aromatic heterocycles. The molecule has 1 aliphatic carbocycles. The van der Waals surface area contributed by atoms with Crippen molar-refractivity contribution in [1.82, 2.24) is 5.32 Å². The van der Waals surface area contributed by atoms with Crippen molar-refractivity contribution in [3.05, 3.63) is 22.2 Å². The van der Waals surface area contributed by atoms with Gasteiger partial charge in [0.1, 0.15) is 11.5 Å². The van der Waals surface area contributed by atoms with Gasteiger partial charge in [0.2, 0.25) is 0 Å². The van der Waals surface area contributed by atoms with E-state index >= 15 is 0 Å². The molecular formula is C17H26BrNO2. The summed E-state index contributed by atoms with van der Waals surface area (Å²) < 4.78 is 12.0. The Balaban J connectivity index is 2.26. The molecule has 1 fully saturated rings. The molecule has 2 rings (SSSR count). The van der Waals surface area contributed by atoms with Crippen LogP contribution >= 0.6 is 15.9 Å². The van der Waals surface area contributed by atoms with Crippen molar-refractivity contribution < 1.29 is 9.47 Å². The SMILES string of the molecule is CCCNC(CC1CCC1)c1cc(OC)c(Br)cc1OC. The molecule has 21 heavy (non-hydrogen) atoms. The first kappa shape index (κ1) is 16.6. The average molecular weight is 356 g/mol. The molecule has 1 N–H and O–H groups in total. The maximum Gasteiger partial charge on any atom is 0.133 e. The van der Waals surface area contributed by atoms with Crippen LogP contribution in [0.15, 0.2) is 16.6 Å². The second-order valence-corrected chi connectivity index (χ2v) is 6.62. The summed E-state index contributed by atoms with van der Waals surface area (Å²) in [5.74, 6) is 2.64. The van der Waals surface area contributed by atoms with E-state index in [9.17, 15) is 0 Å². The summed E-state index contributed by atoms with van der Waals surface area (Å²) in [6.07, 6.45) is 6.42. The van der Waals surface area contributed by atoms with Crippen LogP contribution in [0.5, 0.6) is 11.5 Å². The normalized spacial score (nSPS) is 16.4. The number of hydrogen-bond donors (Lipinski definition) is 1. The Kier molecular flexibility index (Phi) is 6.37. The van der Waals surface area contributed by atoms with Crippen molar-refractivity contribution in [2.24, 2.45) is 5.92 Å². The monoisotopic (exact) mass is 355 g/mol. The van der Waals surface area contributed by atoms with Gasteiger partial charge in [0.15, 0.2) is 0 Å². The molecule has 4 heteroatoms. The topological polar surface area (TPSA) is 30.5 Å². The molecule has 1 aromatic carbocycles. The lowest BCUT2D eigenvalue weighted by molar-refractivity contribution is 0.258. The van der Waals surface area contributed by atoms with Crippen LogP contribution in [-0.4, -0.2) is 20.8 Å². The summed E-state index contributed by atoms with van der Waals surface area (Å²) in [6.45, 7) is 3.23. The zero-order chi connectivity index (χ0) is 15.2. The summed E-state index contributed by atoms with van der Waals surface area (Å²) in [4.78, 5) is 0. The van der Waals surface area contributed by atoms with Gasteiger partial charge in [-0.3, -0.25) is 0 Å². The van der Waals surface area contributed by atoms with Crippen molar-refractivity contribution in [2.45, 2.75) is 45.1 Å². The molecule has 0 saturated heterocycles. The third kappa shape index (κ3) is 4.13. The fourth-order valence-electron chi connectivity index (χ4n) is 2.86. The highest BCUT2D eigenvalue weighted by molar-refractivity contribution is 9.10. The predicted molar refractivity (Wildman–Crippen MR) is 90.2 cm³/mol. The number of hydrogen-bond acceptors (Lipinski definition) is 3. The minimum absolute atomic E-state index is 0.340. The van der Waals surface area contributed by atoms with E-state index in [4.69, 9.17) is 9.47 Å². The van der Waals surface area contributed by atoms with Gasteiger partial charge in [-0.2, -0.15) is 0 Å². The second-order valence-electron chi connectivity index (χ2n) is 5.77. The summed E-state index contributed by atoms with van der Waals surface area (Å²) in [5, 5.41) is 3.68. The molecule has 1 atom stereocenters. The van der Waals surface area contributed by atoms with E-state index in [2.05, 4.69) is 34.2 Å². The van der Waals surface area contributed by atoms with E-state index in [0.29, 0.717) is 6.04 Å². The zero-order valence-corrected chi connectivity index (χ0v) is 14.8. The molecule has 1 aliphatic rings. The lowest BCUT2D eigenvalue weighted by Crippen LogP contribution is -2.27. The van der Waals surface area contributed by atoms with Gasteiger partial charge in [-0.15, -0.1) is 0 Å². The van der Waals surface area contributed by atoms with Crippen molar-refractivity contribution >= 4 is 15.9 Å². The maximum absolute atomic E-state index is 5.59. The van der Waals surface area contributed by atoms with Gasteiger partial charge >= 0.3 is 0 Å². The molecule has 0 radical (unpaired) electrons. The minimum atomic E-state index is 0.340. The largest absolute Gasteiger partial charge is 0.496 e. The number of nitrogens with one attached hydrogen (secondary N) is 1. The summed E-state index contributed by atoms with van der Waals surface area (Å²) in [5.41, 5.74) is 1.21. The van der Waals surface area contributed by atoms with E-state index < -0.39 is 0 Å². The van der Waals surface area contributed by atoms with Crippen LogP contribution in [0.4, 0.5) is 0 Å². The first-order valence-corrected chi connectivity index (χ1v) is 8.63. The molecule has 0 spiro atoms. The molecule has 1 saturated carbocycles. The third-order valence-electron chi connectivity index (χ3n) is 4.31. The van der Waals surface area contributed by atoms with Crippen molar-refractivity contribution in [1.29, 1.82) is 0 Å². The second kappa shape index (κ2) is 8.04. The van der Waals surface area contributed by atoms with E-state index in [0.717, 1.165) is 34.9 Å². The van der Waals surface area contributed by atoms with Gasteiger partial charge < -0.3 is 14.8 Å². The molecule has 3 nitrogen and oxygen atoms in total. The van der Waals surface area contributed by atoms with Gasteiger partial charge in [-0.1, -0.05) is 26.2 Å². The smallest absolute Gasteiger partial charge is 0.133 e. The van der Waals surface area contributed by atoms with Crippen LogP contribution in [0, 0.1) is 5.92 Å². The molecule has 1 aromatic rings. The molecule has 0 bridgehead atoms. The maximum atomic E-state index is 5.59. The van der Waals surface area contributed by atoms with Gasteiger partial charge in [-0.05, 0) is 53.4 Å². The number of methoxy groups -OCH3 is 2. The fourth-order valence-corrected chi connectivity index (χ4v) is 3.34. The summed E-state index contributed by atoms with van der Waals surface area (Å²) in [6, 6.07) is 4.46. The molecule has 0 amide bonds. The van der Waals surface area contributed by atoms with Crippen LogP contribution in [0.1, 0.15) is 50.6 Å². The summed E-state index contributed by atoms with van der Waals surface area (Å²) in [7, 11) is 3.44. The van der Waals surface area contributed by atoms with Crippen LogP contribution < -0.4 is 14.8 Å². The van der Waals surface area contributed by atoms with Crippen LogP contribution in [0.3, 0.4) is 0 Å². The Morgan fingerprint density at radius 1 is 1.24 bits per heavy atom. The predicted octanol–water partition coefficient (Wildman–Crippen LogP) is 4.70. The Morgan fingerprint density at radius 2 is 1.95 bits per heavy atom. The van der Waals surface area contributed by atoms with Crippen molar-refractivity contribution in [2.75, 3.05) is 20.8 Å². The highest BCUT2D eigenvalue weighted by Gasteiger charge is 2.25. The van der Waals surface area contributed by atoms with Crippen molar-refractivity contribution in [3.63, 3.8) is 0 Å². The highest BCUT2D eigenvalue weighted by Crippen LogP contribution is 2.40. The van der Waals surface area contributed by atoms with E-state index in [1.165, 1.54) is 31.2 Å². The minimum Gasteiger partial charge on any atom is -0.496 e. The van der Waals surface area contributed by atoms with Gasteiger partial charge in [0.05, 0.1) is 18.7 Å². The van der Waals surface area contributed by atoms with Gasteiger partial charge in [-0.25, -0.2) is 0 Å². The molecular weight excluding hydrogens is 330 g/mol. The Bertz CT molecular complexity index is 460. The molecule has 0 heterocycles. The van der Waals surface area contributed by atoms with E-state index in [-0.39, 0.29) is 0 Å². The quantitative estimate of drug-likeness (QED) is 0.733. The number of ether oxygens (including phenoxy) is 2. The zero-order valence-electron chi connectivity index (χ0n) is 13.2. The lowest BCUT2D eigenvalue weighted by atomic mass is 9.79. The lowest BCUT2D eigenvalue weighted by Gasteiger charge is -2.31. The van der Waals surface area contributed by atoms with Crippen LogP contribution in [-0.2, 0) is 0 Å². The number of rotatable bonds is 8. The summed E-state index contributed by atoms with van der Waals surface area (Å²) >= 11 is 3.53. The van der Waals surface area contributed by atoms with Gasteiger partial charge in [0, 0.05) is 11.6 Å².